The van der Waals surface area contributed by atoms with E-state index in [-0.39, 0.29) is 0 Å². The van der Waals surface area contributed by atoms with Crippen LogP contribution in [0.3, 0.4) is 0 Å². The number of fused-ring (bicyclic) bond motifs is 9. The van der Waals surface area contributed by atoms with E-state index < -0.39 is 0 Å². The van der Waals surface area contributed by atoms with E-state index in [4.69, 9.17) is 8.83 Å². The van der Waals surface area contributed by atoms with Gasteiger partial charge in [0, 0.05) is 66.6 Å². The van der Waals surface area contributed by atoms with Crippen molar-refractivity contribution in [3.63, 3.8) is 0 Å². The molecule has 0 fully saturated rings. The summed E-state index contributed by atoms with van der Waals surface area (Å²) >= 11 is 0. The average Bonchev–Trinajstić information content (AvgIpc) is 3.88. The maximum Gasteiger partial charge on any atom is 0.143 e. The summed E-state index contributed by atoms with van der Waals surface area (Å²) in [7, 11) is 0. The molecule has 0 atom stereocenters. The van der Waals surface area contributed by atoms with Crippen molar-refractivity contribution in [2.24, 2.45) is 0 Å². The third-order valence-electron chi connectivity index (χ3n) is 10.4. The van der Waals surface area contributed by atoms with Crippen LogP contribution in [0.25, 0.3) is 82.5 Å². The van der Waals surface area contributed by atoms with Gasteiger partial charge in [0.25, 0.3) is 0 Å². The minimum absolute atomic E-state index is 0.847. The lowest BCUT2D eigenvalue weighted by Gasteiger charge is -2.28. The lowest BCUT2D eigenvalue weighted by Crippen LogP contribution is -2.11. The van der Waals surface area contributed by atoms with Crippen molar-refractivity contribution in [3.05, 3.63) is 182 Å². The Morgan fingerprint density at radius 1 is 0.365 bits per heavy atom. The number of furan rings is 2. The van der Waals surface area contributed by atoms with Crippen molar-refractivity contribution in [2.45, 2.75) is 0 Å². The molecule has 3 aromatic heterocycles. The van der Waals surface area contributed by atoms with E-state index in [0.29, 0.717) is 0 Å². The maximum absolute atomic E-state index is 6.59. The van der Waals surface area contributed by atoms with Crippen LogP contribution in [-0.4, -0.2) is 4.57 Å². The number of anilines is 3. The van der Waals surface area contributed by atoms with E-state index >= 15 is 0 Å². The van der Waals surface area contributed by atoms with Crippen LogP contribution in [0.2, 0.25) is 0 Å². The third-order valence-corrected chi connectivity index (χ3v) is 10.4. The molecule has 0 unspecified atom stereocenters. The molecule has 11 rings (SSSR count). The van der Waals surface area contributed by atoms with E-state index in [0.717, 1.165) is 83.3 Å². The van der Waals surface area contributed by atoms with Crippen LogP contribution < -0.4 is 4.90 Å². The summed E-state index contributed by atoms with van der Waals surface area (Å²) in [6.45, 7) is 0. The molecule has 0 spiro atoms. The normalized spacial score (nSPS) is 11.8. The van der Waals surface area contributed by atoms with Crippen molar-refractivity contribution in [1.29, 1.82) is 0 Å². The van der Waals surface area contributed by atoms with Gasteiger partial charge in [-0.15, -0.1) is 0 Å². The van der Waals surface area contributed by atoms with Crippen LogP contribution >= 0.6 is 0 Å². The minimum Gasteiger partial charge on any atom is -0.456 e. The highest BCUT2D eigenvalue weighted by Crippen LogP contribution is 2.46. The molecule has 0 bridgehead atoms. The molecule has 4 nitrogen and oxygen atoms in total. The van der Waals surface area contributed by atoms with Gasteiger partial charge in [0.2, 0.25) is 0 Å². The molecule has 0 aliphatic carbocycles. The van der Waals surface area contributed by atoms with Crippen LogP contribution in [0.1, 0.15) is 0 Å². The number of aromatic nitrogens is 1. The van der Waals surface area contributed by atoms with Crippen molar-refractivity contribution >= 4 is 82.7 Å². The Bertz CT molecular complexity index is 3150. The second kappa shape index (κ2) is 11.2. The first-order valence-corrected chi connectivity index (χ1v) is 17.6. The average molecular weight is 667 g/mol. The monoisotopic (exact) mass is 666 g/mol. The lowest BCUT2D eigenvalue weighted by atomic mass is 9.99. The third kappa shape index (κ3) is 4.28. The fourth-order valence-corrected chi connectivity index (χ4v) is 8.09. The van der Waals surface area contributed by atoms with Gasteiger partial charge in [-0.1, -0.05) is 115 Å². The van der Waals surface area contributed by atoms with E-state index in [9.17, 15) is 0 Å². The molecule has 0 saturated heterocycles. The summed E-state index contributed by atoms with van der Waals surface area (Å²) in [6, 6.07) is 64.3. The van der Waals surface area contributed by atoms with Gasteiger partial charge in [0.05, 0.1) is 16.7 Å². The van der Waals surface area contributed by atoms with Crippen molar-refractivity contribution in [2.75, 3.05) is 4.90 Å². The molecule has 0 N–H and O–H groups in total. The topological polar surface area (TPSA) is 34.5 Å². The smallest absolute Gasteiger partial charge is 0.143 e. The number of hydrogen-bond donors (Lipinski definition) is 0. The Labute approximate surface area is 299 Å². The molecule has 3 heterocycles. The second-order valence-electron chi connectivity index (χ2n) is 13.3. The number of para-hydroxylation sites is 6. The fraction of sp³-hybridized carbons (Fsp3) is 0. The zero-order valence-electron chi connectivity index (χ0n) is 28.0. The van der Waals surface area contributed by atoms with Crippen LogP contribution in [-0.2, 0) is 0 Å². The van der Waals surface area contributed by atoms with Gasteiger partial charge in [0.1, 0.15) is 22.3 Å². The first kappa shape index (κ1) is 28.8. The Morgan fingerprint density at radius 2 is 0.942 bits per heavy atom. The van der Waals surface area contributed by atoms with Gasteiger partial charge >= 0.3 is 0 Å². The zero-order valence-corrected chi connectivity index (χ0v) is 28.0. The zero-order chi connectivity index (χ0) is 34.2. The second-order valence-corrected chi connectivity index (χ2v) is 13.3. The van der Waals surface area contributed by atoms with E-state index in [2.05, 4.69) is 167 Å². The van der Waals surface area contributed by atoms with Crippen molar-refractivity contribution in [1.82, 2.24) is 4.57 Å². The number of nitrogens with zero attached hydrogens (tertiary/aromatic N) is 2. The van der Waals surface area contributed by atoms with Gasteiger partial charge in [-0.05, 0) is 60.7 Å². The molecule has 0 radical (unpaired) electrons. The number of rotatable bonds is 5. The minimum atomic E-state index is 0.847. The molecule has 0 aliphatic heterocycles. The Hall–Kier alpha value is -7.04. The van der Waals surface area contributed by atoms with Crippen molar-refractivity contribution in [3.8, 4) is 16.8 Å². The van der Waals surface area contributed by atoms with Gasteiger partial charge in [0.15, 0.2) is 0 Å². The maximum atomic E-state index is 6.59. The number of hydrogen-bond acceptors (Lipinski definition) is 3. The largest absolute Gasteiger partial charge is 0.456 e. The molecule has 0 amide bonds. The summed E-state index contributed by atoms with van der Waals surface area (Å²) in [4.78, 5) is 2.36. The lowest BCUT2D eigenvalue weighted by molar-refractivity contribution is 0.669. The highest BCUT2D eigenvalue weighted by atomic mass is 16.3. The van der Waals surface area contributed by atoms with Crippen molar-refractivity contribution < 1.29 is 8.83 Å². The summed E-state index contributed by atoms with van der Waals surface area (Å²) < 4.78 is 15.4. The Morgan fingerprint density at radius 3 is 1.79 bits per heavy atom. The molecule has 52 heavy (non-hydrogen) atoms. The van der Waals surface area contributed by atoms with Gasteiger partial charge < -0.3 is 18.3 Å². The summed E-state index contributed by atoms with van der Waals surface area (Å²) in [5.41, 5.74) is 12.1. The highest BCUT2D eigenvalue weighted by Gasteiger charge is 2.23. The van der Waals surface area contributed by atoms with E-state index in [1.54, 1.807) is 0 Å². The molecular formula is C48H30N2O2. The molecule has 8 aromatic carbocycles. The molecule has 11 aromatic rings. The van der Waals surface area contributed by atoms with Crippen LogP contribution in [0.4, 0.5) is 17.1 Å². The van der Waals surface area contributed by atoms with Gasteiger partial charge in [-0.2, -0.15) is 0 Å². The summed E-state index contributed by atoms with van der Waals surface area (Å²) in [6.07, 6.45) is 0. The first-order valence-electron chi connectivity index (χ1n) is 17.6. The van der Waals surface area contributed by atoms with E-state index in [1.165, 1.54) is 16.3 Å². The fourth-order valence-electron chi connectivity index (χ4n) is 8.09. The van der Waals surface area contributed by atoms with Gasteiger partial charge in [-0.3, -0.25) is 0 Å². The van der Waals surface area contributed by atoms with Crippen LogP contribution in [0.15, 0.2) is 191 Å². The number of benzene rings is 8. The molecule has 244 valence electrons. The SMILES string of the molecule is c1ccc(-n2c3ccccc3c3ccc(N(c4ccc5c(c4)oc4ccccc45)c4ccccc4-c4cccc5c4oc4ccccc45)cc32)cc1. The van der Waals surface area contributed by atoms with Gasteiger partial charge in [-0.25, -0.2) is 0 Å². The summed E-state index contributed by atoms with van der Waals surface area (Å²) in [5.74, 6) is 0. The standard InChI is InChI=1S/C48H30N2O2/c1-2-13-31(14-3-1)50-43-22-9-4-15-34(43)36-27-25-32(29-44(36)50)49(33-26-28-39-37-17-6-10-23-45(37)51-47(39)30-33)42-21-8-5-16-35(42)40-19-12-20-41-38-18-7-11-24-46(38)52-48(40)41/h1-30H. The highest BCUT2D eigenvalue weighted by molar-refractivity contribution is 6.13. The summed E-state index contributed by atoms with van der Waals surface area (Å²) in [5, 5.41) is 6.85. The molecule has 0 aliphatic rings. The quantitative estimate of drug-likeness (QED) is 0.183. The molecule has 4 heteroatoms. The predicted molar refractivity (Wildman–Crippen MR) is 215 cm³/mol. The van der Waals surface area contributed by atoms with E-state index in [1.807, 2.05) is 24.3 Å². The predicted octanol–water partition coefficient (Wildman–Crippen LogP) is 13.7. The Kier molecular flexibility index (Phi) is 6.22. The van der Waals surface area contributed by atoms with Crippen LogP contribution in [0, 0.1) is 0 Å². The van der Waals surface area contributed by atoms with Crippen LogP contribution in [0.5, 0.6) is 0 Å². The molecular weight excluding hydrogens is 637 g/mol. The Balaban J connectivity index is 1.20. The molecule has 0 saturated carbocycles. The first-order chi connectivity index (χ1) is 25.8.